The molecule has 0 saturated carbocycles. The van der Waals surface area contributed by atoms with Gasteiger partial charge in [-0.05, 0) is 11.5 Å². The molecular weight excluding hydrogens is 232 g/mol. The van der Waals surface area contributed by atoms with Gasteiger partial charge in [0.05, 0.1) is 0 Å². The highest BCUT2D eigenvalue weighted by Crippen LogP contribution is 2.26. The van der Waals surface area contributed by atoms with Gasteiger partial charge in [0.1, 0.15) is 0 Å². The van der Waals surface area contributed by atoms with E-state index in [-0.39, 0.29) is 0 Å². The Labute approximate surface area is 107 Å². The minimum Gasteiger partial charge on any atom is -0.365 e. The molecule has 1 aromatic rings. The molecule has 2 heterocycles. The zero-order valence-electron chi connectivity index (χ0n) is 10.7. The van der Waals surface area contributed by atoms with Gasteiger partial charge in [-0.25, -0.2) is 0 Å². The minimum absolute atomic E-state index is 0.345. The lowest BCUT2D eigenvalue weighted by Gasteiger charge is -2.27. The summed E-state index contributed by atoms with van der Waals surface area (Å²) in [5.74, 6) is 1.14. The van der Waals surface area contributed by atoms with Crippen LogP contribution in [0.5, 0.6) is 0 Å². The molecule has 0 spiro atoms. The van der Waals surface area contributed by atoms with Gasteiger partial charge < -0.3 is 5.32 Å². The predicted molar refractivity (Wildman–Crippen MR) is 73.5 cm³/mol. The van der Waals surface area contributed by atoms with Gasteiger partial charge in [-0.15, -0.1) is 0 Å². The Balaban J connectivity index is 1.77. The Morgan fingerprint density at radius 2 is 2.35 bits per heavy atom. The van der Waals surface area contributed by atoms with Gasteiger partial charge in [-0.3, -0.25) is 9.67 Å². The van der Waals surface area contributed by atoms with Gasteiger partial charge in [0.2, 0.25) is 0 Å². The maximum absolute atomic E-state index is 4.57. The summed E-state index contributed by atoms with van der Waals surface area (Å²) in [7, 11) is 1.98. The van der Waals surface area contributed by atoms with Crippen LogP contribution in [0.15, 0.2) is 17.3 Å². The summed E-state index contributed by atoms with van der Waals surface area (Å²) in [5, 5.41) is 8.64. The molecule has 1 aliphatic heterocycles. The van der Waals surface area contributed by atoms with E-state index in [9.17, 15) is 0 Å². The molecule has 0 fully saturated rings. The third kappa shape index (κ3) is 3.49. The van der Waals surface area contributed by atoms with Crippen LogP contribution in [0, 0.1) is 5.41 Å². The molecule has 1 aromatic heterocycles. The first-order chi connectivity index (χ1) is 8.07. The fraction of sp³-hybridized carbons (Fsp3) is 0.667. The molecule has 17 heavy (non-hydrogen) atoms. The molecule has 0 atom stereocenters. The zero-order valence-corrected chi connectivity index (χ0v) is 11.5. The molecule has 5 heteroatoms. The third-order valence-electron chi connectivity index (χ3n) is 2.83. The fourth-order valence-corrected chi connectivity index (χ4v) is 2.67. The summed E-state index contributed by atoms with van der Waals surface area (Å²) in [5.41, 5.74) is 1.59. The van der Waals surface area contributed by atoms with Crippen molar-refractivity contribution >= 4 is 16.9 Å². The van der Waals surface area contributed by atoms with Crippen LogP contribution in [0.1, 0.15) is 19.5 Å². The average molecular weight is 252 g/mol. The lowest BCUT2D eigenvalue weighted by molar-refractivity contribution is 0.436. The summed E-state index contributed by atoms with van der Waals surface area (Å²) < 4.78 is 1.92. The monoisotopic (exact) mass is 252 g/mol. The quantitative estimate of drug-likeness (QED) is 0.890. The number of hydrogen-bond acceptors (Lipinski definition) is 4. The van der Waals surface area contributed by atoms with Gasteiger partial charge in [-0.2, -0.15) is 5.10 Å². The van der Waals surface area contributed by atoms with Crippen molar-refractivity contribution in [3.8, 4) is 0 Å². The molecule has 1 N–H and O–H groups in total. The summed E-state index contributed by atoms with van der Waals surface area (Å²) in [6.07, 6.45) is 2.82. The Morgan fingerprint density at radius 1 is 1.53 bits per heavy atom. The summed E-state index contributed by atoms with van der Waals surface area (Å²) in [6.45, 7) is 6.37. The zero-order chi connectivity index (χ0) is 12.3. The lowest BCUT2D eigenvalue weighted by atomic mass is 9.97. The molecule has 0 radical (unpaired) electrons. The normalized spacial score (nSPS) is 18.9. The number of aryl methyl sites for hydroxylation is 1. The number of nitrogens with one attached hydrogen (secondary N) is 1. The smallest absolute Gasteiger partial charge is 0.156 e. The second-order valence-electron chi connectivity index (χ2n) is 5.20. The van der Waals surface area contributed by atoms with Crippen molar-refractivity contribution in [2.45, 2.75) is 20.3 Å². The second kappa shape index (κ2) is 5.12. The number of thioether (sulfide) groups is 1. The van der Waals surface area contributed by atoms with Crippen LogP contribution in [-0.4, -0.2) is 33.8 Å². The van der Waals surface area contributed by atoms with Crippen LogP contribution in [0.25, 0.3) is 0 Å². The number of amidine groups is 1. The van der Waals surface area contributed by atoms with Gasteiger partial charge in [0, 0.05) is 44.2 Å². The number of rotatable bonds is 3. The number of nitrogens with zero attached hydrogens (tertiary/aromatic N) is 3. The molecule has 0 unspecified atom stereocenters. The van der Waals surface area contributed by atoms with Crippen molar-refractivity contribution in [3.63, 3.8) is 0 Å². The van der Waals surface area contributed by atoms with Gasteiger partial charge in [-0.1, -0.05) is 25.6 Å². The van der Waals surface area contributed by atoms with Crippen molar-refractivity contribution in [2.75, 3.05) is 18.8 Å². The molecule has 0 bridgehead atoms. The average Bonchev–Trinajstić information content (AvgIpc) is 2.67. The van der Waals surface area contributed by atoms with E-state index in [1.807, 2.05) is 29.7 Å². The van der Waals surface area contributed by atoms with Crippen LogP contribution in [0.3, 0.4) is 0 Å². The van der Waals surface area contributed by atoms with Gasteiger partial charge >= 0.3 is 0 Å². The molecule has 4 nitrogen and oxygen atoms in total. The largest absolute Gasteiger partial charge is 0.365 e. The Kier molecular flexibility index (Phi) is 3.76. The van der Waals surface area contributed by atoms with Gasteiger partial charge in [0.15, 0.2) is 5.17 Å². The molecule has 0 amide bonds. The molecular formula is C12H20N4S. The van der Waals surface area contributed by atoms with E-state index in [2.05, 4.69) is 35.3 Å². The van der Waals surface area contributed by atoms with Crippen molar-refractivity contribution < 1.29 is 0 Å². The molecule has 1 aliphatic rings. The SMILES string of the molecule is Cn1nccc1CCNC1=NCC(C)(C)CS1. The first-order valence-corrected chi connectivity index (χ1v) is 6.93. The van der Waals surface area contributed by atoms with Crippen molar-refractivity contribution in [3.05, 3.63) is 18.0 Å². The van der Waals surface area contributed by atoms with Crippen LogP contribution >= 0.6 is 11.8 Å². The Hall–Kier alpha value is -0.970. The number of aromatic nitrogens is 2. The highest BCUT2D eigenvalue weighted by molar-refractivity contribution is 8.13. The van der Waals surface area contributed by atoms with E-state index in [1.54, 1.807) is 0 Å². The van der Waals surface area contributed by atoms with E-state index in [1.165, 1.54) is 5.69 Å². The summed E-state index contributed by atoms with van der Waals surface area (Å²) in [6, 6.07) is 2.06. The molecule has 0 saturated heterocycles. The number of hydrogen-bond donors (Lipinski definition) is 1. The number of aliphatic imine (C=N–C) groups is 1. The van der Waals surface area contributed by atoms with Crippen LogP contribution in [0.4, 0.5) is 0 Å². The topological polar surface area (TPSA) is 42.2 Å². The van der Waals surface area contributed by atoms with Crippen molar-refractivity contribution in [1.29, 1.82) is 0 Å². The van der Waals surface area contributed by atoms with Crippen LogP contribution < -0.4 is 5.32 Å². The van der Waals surface area contributed by atoms with Crippen LogP contribution in [0.2, 0.25) is 0 Å². The summed E-state index contributed by atoms with van der Waals surface area (Å²) in [4.78, 5) is 4.57. The molecule has 0 aliphatic carbocycles. The first-order valence-electron chi connectivity index (χ1n) is 5.95. The highest BCUT2D eigenvalue weighted by Gasteiger charge is 2.22. The van der Waals surface area contributed by atoms with Crippen LogP contribution in [-0.2, 0) is 13.5 Å². The van der Waals surface area contributed by atoms with E-state index in [4.69, 9.17) is 0 Å². The van der Waals surface area contributed by atoms with Crippen molar-refractivity contribution in [2.24, 2.45) is 17.5 Å². The van der Waals surface area contributed by atoms with E-state index >= 15 is 0 Å². The standard InChI is InChI=1S/C12H20N4S/c1-12(2)8-14-11(17-9-12)13-6-4-10-5-7-15-16(10)3/h5,7H,4,6,8-9H2,1-3H3,(H,13,14). The fourth-order valence-electron chi connectivity index (χ4n) is 1.69. The first kappa shape index (κ1) is 12.5. The maximum atomic E-state index is 4.57. The lowest BCUT2D eigenvalue weighted by Crippen LogP contribution is -2.32. The Morgan fingerprint density at radius 3 is 2.94 bits per heavy atom. The maximum Gasteiger partial charge on any atom is 0.156 e. The third-order valence-corrected chi connectivity index (χ3v) is 4.30. The Bertz CT molecular complexity index is 408. The molecule has 0 aromatic carbocycles. The van der Waals surface area contributed by atoms with E-state index < -0.39 is 0 Å². The second-order valence-corrected chi connectivity index (χ2v) is 6.16. The van der Waals surface area contributed by atoms with Crippen molar-refractivity contribution in [1.82, 2.24) is 15.1 Å². The molecule has 94 valence electrons. The minimum atomic E-state index is 0.345. The van der Waals surface area contributed by atoms with Gasteiger partial charge in [0.25, 0.3) is 0 Å². The van der Waals surface area contributed by atoms with E-state index in [0.717, 1.165) is 30.4 Å². The molecule has 2 rings (SSSR count). The summed E-state index contributed by atoms with van der Waals surface area (Å²) >= 11 is 1.83. The predicted octanol–water partition coefficient (Wildman–Crippen LogP) is 1.68. The van der Waals surface area contributed by atoms with E-state index in [0.29, 0.717) is 5.41 Å². The highest BCUT2D eigenvalue weighted by atomic mass is 32.2.